The van der Waals surface area contributed by atoms with E-state index < -0.39 is 0 Å². The third-order valence-corrected chi connectivity index (χ3v) is 4.16. The molecule has 0 fully saturated rings. The van der Waals surface area contributed by atoms with Crippen LogP contribution in [-0.2, 0) is 6.42 Å². The van der Waals surface area contributed by atoms with E-state index in [1.54, 1.807) is 0 Å². The van der Waals surface area contributed by atoms with Crippen molar-refractivity contribution in [1.82, 2.24) is 0 Å². The highest BCUT2D eigenvalue weighted by atomic mass is 14.1. The molecule has 1 aromatic rings. The van der Waals surface area contributed by atoms with Gasteiger partial charge in [0, 0.05) is 0 Å². The maximum Gasteiger partial charge on any atom is -0.0230 e. The lowest BCUT2D eigenvalue weighted by molar-refractivity contribution is 0.411. The van der Waals surface area contributed by atoms with Crippen molar-refractivity contribution < 1.29 is 0 Å². The second-order valence-electron chi connectivity index (χ2n) is 5.82. The van der Waals surface area contributed by atoms with E-state index in [0.717, 1.165) is 5.92 Å². The minimum atomic E-state index is 0.911. The molecule has 0 amide bonds. The summed E-state index contributed by atoms with van der Waals surface area (Å²) in [6.45, 7) is 12.9. The standard InChI is InChI=1S/C19H30/c1-6-9-17(10-7-2)11-12-19-14-15(4)18(8-3)13-16(19)5/h8,13-14,17H,3,6-7,9-12H2,1-2,4-5H3. The molecule has 0 aliphatic carbocycles. The number of hydrogen-bond acceptors (Lipinski definition) is 0. The van der Waals surface area contributed by atoms with E-state index in [4.69, 9.17) is 0 Å². The van der Waals surface area contributed by atoms with Gasteiger partial charge in [0.05, 0.1) is 0 Å². The van der Waals surface area contributed by atoms with Crippen LogP contribution in [0.2, 0.25) is 0 Å². The highest BCUT2D eigenvalue weighted by molar-refractivity contribution is 5.54. The predicted octanol–water partition coefficient (Wildman–Crippen LogP) is 6.10. The van der Waals surface area contributed by atoms with Crippen molar-refractivity contribution in [3.05, 3.63) is 41.0 Å². The molecule has 19 heavy (non-hydrogen) atoms. The lowest BCUT2D eigenvalue weighted by Crippen LogP contribution is -2.03. The van der Waals surface area contributed by atoms with E-state index in [9.17, 15) is 0 Å². The van der Waals surface area contributed by atoms with Gasteiger partial charge in [-0.2, -0.15) is 0 Å². The Morgan fingerprint density at radius 3 is 2.16 bits per heavy atom. The molecule has 0 atom stereocenters. The third kappa shape index (κ3) is 4.86. The summed E-state index contributed by atoms with van der Waals surface area (Å²) in [6, 6.07) is 4.65. The van der Waals surface area contributed by atoms with Crippen molar-refractivity contribution in [2.45, 2.75) is 66.2 Å². The normalized spacial score (nSPS) is 11.0. The van der Waals surface area contributed by atoms with Crippen LogP contribution in [0.1, 0.15) is 68.2 Å². The van der Waals surface area contributed by atoms with Gasteiger partial charge in [-0.05, 0) is 54.9 Å². The molecule has 0 radical (unpaired) electrons. The number of hydrogen-bond donors (Lipinski definition) is 0. The Labute approximate surface area is 119 Å². The molecular formula is C19H30. The fraction of sp³-hybridized carbons (Fsp3) is 0.579. The summed E-state index contributed by atoms with van der Waals surface area (Å²) in [6.07, 6.45) is 9.94. The lowest BCUT2D eigenvalue weighted by Gasteiger charge is -2.16. The zero-order valence-corrected chi connectivity index (χ0v) is 13.3. The van der Waals surface area contributed by atoms with Gasteiger partial charge < -0.3 is 0 Å². The van der Waals surface area contributed by atoms with E-state index in [1.165, 1.54) is 60.8 Å². The Bertz CT molecular complexity index is 395. The molecule has 0 saturated carbocycles. The molecule has 0 spiro atoms. The number of aryl methyl sites for hydroxylation is 3. The van der Waals surface area contributed by atoms with Crippen LogP contribution >= 0.6 is 0 Å². The average Bonchev–Trinajstić information content (AvgIpc) is 2.39. The molecule has 1 rings (SSSR count). The van der Waals surface area contributed by atoms with Gasteiger partial charge >= 0.3 is 0 Å². The highest BCUT2D eigenvalue weighted by Crippen LogP contribution is 2.23. The maximum absolute atomic E-state index is 3.89. The summed E-state index contributed by atoms with van der Waals surface area (Å²) < 4.78 is 0. The van der Waals surface area contributed by atoms with Crippen LogP contribution < -0.4 is 0 Å². The Hall–Kier alpha value is -1.04. The molecule has 0 aliphatic heterocycles. The predicted molar refractivity (Wildman–Crippen MR) is 87.6 cm³/mol. The molecule has 0 heterocycles. The molecule has 0 aromatic heterocycles. The quantitative estimate of drug-likeness (QED) is 0.529. The summed E-state index contributed by atoms with van der Waals surface area (Å²) in [7, 11) is 0. The summed E-state index contributed by atoms with van der Waals surface area (Å²) in [4.78, 5) is 0. The summed E-state index contributed by atoms with van der Waals surface area (Å²) in [5.74, 6) is 0.911. The van der Waals surface area contributed by atoms with Crippen LogP contribution in [-0.4, -0.2) is 0 Å². The van der Waals surface area contributed by atoms with Crippen molar-refractivity contribution in [1.29, 1.82) is 0 Å². The van der Waals surface area contributed by atoms with Gasteiger partial charge in [0.1, 0.15) is 0 Å². The number of benzene rings is 1. The zero-order valence-electron chi connectivity index (χ0n) is 13.3. The van der Waals surface area contributed by atoms with E-state index in [1.807, 2.05) is 6.08 Å². The lowest BCUT2D eigenvalue weighted by atomic mass is 9.89. The van der Waals surface area contributed by atoms with Crippen LogP contribution in [0.25, 0.3) is 6.08 Å². The molecule has 0 unspecified atom stereocenters. The monoisotopic (exact) mass is 258 g/mol. The Morgan fingerprint density at radius 1 is 1.00 bits per heavy atom. The van der Waals surface area contributed by atoms with Gasteiger partial charge in [-0.15, -0.1) is 0 Å². The molecule has 106 valence electrons. The first-order valence-electron chi connectivity index (χ1n) is 7.84. The summed E-state index contributed by atoms with van der Waals surface area (Å²) in [5, 5.41) is 0. The number of rotatable bonds is 8. The minimum absolute atomic E-state index is 0.911. The van der Waals surface area contributed by atoms with Crippen LogP contribution in [0.5, 0.6) is 0 Å². The first kappa shape index (κ1) is 16.0. The van der Waals surface area contributed by atoms with Gasteiger partial charge in [0.25, 0.3) is 0 Å². The Balaban J connectivity index is 2.71. The second kappa shape index (κ2) is 8.19. The Morgan fingerprint density at radius 2 is 1.63 bits per heavy atom. The zero-order chi connectivity index (χ0) is 14.3. The average molecular weight is 258 g/mol. The molecule has 0 bridgehead atoms. The molecule has 0 saturated heterocycles. The SMILES string of the molecule is C=Cc1cc(C)c(CCC(CCC)CCC)cc1C. The molecular weight excluding hydrogens is 228 g/mol. The van der Waals surface area contributed by atoms with Crippen molar-refractivity contribution in [3.63, 3.8) is 0 Å². The van der Waals surface area contributed by atoms with Gasteiger partial charge in [0.15, 0.2) is 0 Å². The first-order valence-corrected chi connectivity index (χ1v) is 7.84. The van der Waals surface area contributed by atoms with Crippen LogP contribution in [0, 0.1) is 19.8 Å². The van der Waals surface area contributed by atoms with E-state index >= 15 is 0 Å². The van der Waals surface area contributed by atoms with Gasteiger partial charge in [0.2, 0.25) is 0 Å². The van der Waals surface area contributed by atoms with Crippen molar-refractivity contribution in [2.75, 3.05) is 0 Å². The molecule has 0 heteroatoms. The van der Waals surface area contributed by atoms with E-state index in [2.05, 4.69) is 46.4 Å². The maximum atomic E-state index is 3.89. The van der Waals surface area contributed by atoms with Crippen LogP contribution in [0.15, 0.2) is 18.7 Å². The Kier molecular flexibility index (Phi) is 6.91. The van der Waals surface area contributed by atoms with Crippen molar-refractivity contribution in [3.8, 4) is 0 Å². The van der Waals surface area contributed by atoms with Crippen LogP contribution in [0.4, 0.5) is 0 Å². The van der Waals surface area contributed by atoms with E-state index in [-0.39, 0.29) is 0 Å². The van der Waals surface area contributed by atoms with Gasteiger partial charge in [-0.1, -0.05) is 64.3 Å². The van der Waals surface area contributed by atoms with Crippen molar-refractivity contribution in [2.24, 2.45) is 5.92 Å². The molecule has 0 N–H and O–H groups in total. The fourth-order valence-electron chi connectivity index (χ4n) is 3.00. The van der Waals surface area contributed by atoms with Crippen LogP contribution in [0.3, 0.4) is 0 Å². The summed E-state index contributed by atoms with van der Waals surface area (Å²) in [5.41, 5.74) is 5.59. The minimum Gasteiger partial charge on any atom is -0.0985 e. The molecule has 0 aliphatic rings. The molecule has 0 nitrogen and oxygen atoms in total. The van der Waals surface area contributed by atoms with Gasteiger partial charge in [-0.25, -0.2) is 0 Å². The highest BCUT2D eigenvalue weighted by Gasteiger charge is 2.09. The van der Waals surface area contributed by atoms with E-state index in [0.29, 0.717) is 0 Å². The molecule has 1 aromatic carbocycles. The fourth-order valence-corrected chi connectivity index (χ4v) is 3.00. The topological polar surface area (TPSA) is 0 Å². The summed E-state index contributed by atoms with van der Waals surface area (Å²) >= 11 is 0. The smallest absolute Gasteiger partial charge is 0.0230 e. The van der Waals surface area contributed by atoms with Crippen molar-refractivity contribution >= 4 is 6.08 Å². The first-order chi connectivity index (χ1) is 9.12. The largest absolute Gasteiger partial charge is 0.0985 e. The second-order valence-corrected chi connectivity index (χ2v) is 5.82. The third-order valence-electron chi connectivity index (χ3n) is 4.16. The van der Waals surface area contributed by atoms with Gasteiger partial charge in [-0.3, -0.25) is 0 Å².